The Morgan fingerprint density at radius 1 is 0.893 bits per heavy atom. The van der Waals surface area contributed by atoms with Crippen LogP contribution in [-0.4, -0.2) is 73.7 Å². The highest BCUT2D eigenvalue weighted by Gasteiger charge is 2.21. The molecule has 2 N–H and O–H groups in total. The normalized spacial score (nSPS) is 15.0. The van der Waals surface area contributed by atoms with Gasteiger partial charge in [-0.1, -0.05) is 71.7 Å². The van der Waals surface area contributed by atoms with Crippen molar-refractivity contribution >= 4 is 34.1 Å². The van der Waals surface area contributed by atoms with Crippen molar-refractivity contribution in [3.8, 4) is 28.7 Å². The molecule has 288 valence electrons. The van der Waals surface area contributed by atoms with E-state index in [2.05, 4.69) is 40.2 Å². The second kappa shape index (κ2) is 17.9. The van der Waals surface area contributed by atoms with E-state index in [0.29, 0.717) is 46.8 Å². The van der Waals surface area contributed by atoms with E-state index < -0.39 is 0 Å². The van der Waals surface area contributed by atoms with Gasteiger partial charge in [-0.05, 0) is 73.0 Å². The van der Waals surface area contributed by atoms with Gasteiger partial charge in [0.1, 0.15) is 30.8 Å². The third kappa shape index (κ3) is 9.17. The molecule has 1 aliphatic heterocycles. The predicted octanol–water partition coefficient (Wildman–Crippen LogP) is 7.86. The molecule has 0 saturated carbocycles. The van der Waals surface area contributed by atoms with Crippen molar-refractivity contribution in [2.45, 2.75) is 58.3 Å². The van der Waals surface area contributed by atoms with Crippen LogP contribution in [0.5, 0.6) is 11.5 Å². The van der Waals surface area contributed by atoms with Crippen molar-refractivity contribution in [3.05, 3.63) is 141 Å². The average Bonchev–Trinajstić information content (AvgIpc) is 3.83. The topological polar surface area (TPSA) is 120 Å². The van der Waals surface area contributed by atoms with Crippen LogP contribution in [0.25, 0.3) is 22.0 Å². The Hall–Kier alpha value is -4.99. The van der Waals surface area contributed by atoms with Crippen LogP contribution in [-0.2, 0) is 32.8 Å². The third-order valence-corrected chi connectivity index (χ3v) is 11.1. The van der Waals surface area contributed by atoms with Crippen molar-refractivity contribution in [3.63, 3.8) is 0 Å². The SMILES string of the molecule is CC(CO)N(C)Cc1cc(Cl)c(Cn2ncc3c(-c4cccc(OCc5ccc(CN6CC[C@@H](O)C6)cc5)c4Cl)cccc32)cc1OCc1cncc(C#N)c1. The van der Waals surface area contributed by atoms with Crippen molar-refractivity contribution in [2.24, 2.45) is 0 Å². The van der Waals surface area contributed by atoms with Crippen LogP contribution in [0.15, 0.2) is 97.5 Å². The van der Waals surface area contributed by atoms with Crippen LogP contribution in [0.2, 0.25) is 10.0 Å². The van der Waals surface area contributed by atoms with E-state index in [-0.39, 0.29) is 25.4 Å². The quantitative estimate of drug-likeness (QED) is 0.107. The van der Waals surface area contributed by atoms with Gasteiger partial charge >= 0.3 is 0 Å². The molecule has 1 aliphatic rings. The van der Waals surface area contributed by atoms with E-state index >= 15 is 0 Å². The summed E-state index contributed by atoms with van der Waals surface area (Å²) in [6, 6.07) is 27.9. The first-order valence-electron chi connectivity index (χ1n) is 18.6. The summed E-state index contributed by atoms with van der Waals surface area (Å²) in [7, 11) is 1.94. The Labute approximate surface area is 337 Å². The highest BCUT2D eigenvalue weighted by atomic mass is 35.5. The first-order chi connectivity index (χ1) is 27.2. The van der Waals surface area contributed by atoms with Crippen LogP contribution >= 0.6 is 23.2 Å². The van der Waals surface area contributed by atoms with Gasteiger partial charge in [-0.2, -0.15) is 10.4 Å². The molecule has 0 bridgehead atoms. The van der Waals surface area contributed by atoms with Crippen LogP contribution < -0.4 is 9.47 Å². The van der Waals surface area contributed by atoms with Gasteiger partial charge in [0, 0.05) is 71.7 Å². The monoisotopic (exact) mass is 790 g/mol. The number of likely N-dealkylation sites (N-methyl/N-ethyl adjacent to an activating group) is 1. The van der Waals surface area contributed by atoms with Gasteiger partial charge in [-0.15, -0.1) is 0 Å². The van der Waals surface area contributed by atoms with Crippen LogP contribution in [0.4, 0.5) is 0 Å². The maximum atomic E-state index is 9.84. The fraction of sp³-hybridized carbons (Fsp3) is 0.295. The fourth-order valence-electron chi connectivity index (χ4n) is 6.94. The zero-order valence-electron chi connectivity index (χ0n) is 31.4. The molecule has 2 aromatic heterocycles. The summed E-state index contributed by atoms with van der Waals surface area (Å²) in [5, 5.41) is 35.8. The second-order valence-corrected chi connectivity index (χ2v) is 15.2. The molecule has 0 radical (unpaired) electrons. The average molecular weight is 792 g/mol. The molecule has 12 heteroatoms. The minimum absolute atomic E-state index is 0.0174. The summed E-state index contributed by atoms with van der Waals surface area (Å²) in [6.45, 7) is 5.90. The number of aromatic nitrogens is 3. The van der Waals surface area contributed by atoms with Gasteiger partial charge in [0.25, 0.3) is 0 Å². The lowest BCUT2D eigenvalue weighted by molar-refractivity contribution is 0.152. The molecule has 0 aliphatic carbocycles. The predicted molar refractivity (Wildman–Crippen MR) is 219 cm³/mol. The lowest BCUT2D eigenvalue weighted by Gasteiger charge is -2.24. The van der Waals surface area contributed by atoms with Gasteiger partial charge in [-0.3, -0.25) is 19.5 Å². The summed E-state index contributed by atoms with van der Waals surface area (Å²) in [5.41, 5.74) is 7.84. The number of rotatable bonds is 15. The summed E-state index contributed by atoms with van der Waals surface area (Å²) < 4.78 is 14.5. The lowest BCUT2D eigenvalue weighted by Crippen LogP contribution is -2.31. The highest BCUT2D eigenvalue weighted by molar-refractivity contribution is 6.35. The third-order valence-electron chi connectivity index (χ3n) is 10.3. The molecule has 4 aromatic carbocycles. The van der Waals surface area contributed by atoms with Crippen LogP contribution in [0.3, 0.4) is 0 Å². The number of β-amino-alcohol motifs (C(OH)–C–C–N with tert-alkyl or cyclic N) is 1. The number of nitriles is 1. The number of halogens is 2. The first-order valence-corrected chi connectivity index (χ1v) is 19.4. The van der Waals surface area contributed by atoms with Gasteiger partial charge in [0.05, 0.1) is 41.6 Å². The fourth-order valence-corrected chi connectivity index (χ4v) is 7.47. The minimum atomic E-state index is -0.227. The molecule has 0 spiro atoms. The smallest absolute Gasteiger partial charge is 0.139 e. The zero-order valence-corrected chi connectivity index (χ0v) is 32.9. The molecule has 1 fully saturated rings. The summed E-state index contributed by atoms with van der Waals surface area (Å²) >= 11 is 14.0. The van der Waals surface area contributed by atoms with Crippen molar-refractivity contribution in [1.29, 1.82) is 5.26 Å². The molecule has 3 heterocycles. The maximum absolute atomic E-state index is 9.84. The summed E-state index contributed by atoms with van der Waals surface area (Å²) in [5.74, 6) is 1.24. The second-order valence-electron chi connectivity index (χ2n) is 14.4. The van der Waals surface area contributed by atoms with Crippen molar-refractivity contribution < 1.29 is 19.7 Å². The van der Waals surface area contributed by atoms with Crippen LogP contribution in [0.1, 0.15) is 46.7 Å². The summed E-state index contributed by atoms with van der Waals surface area (Å²) in [6.07, 6.45) is 5.65. The number of pyridine rings is 1. The Morgan fingerprint density at radius 2 is 1.64 bits per heavy atom. The molecular weight excluding hydrogens is 747 g/mol. The van der Waals surface area contributed by atoms with E-state index in [0.717, 1.165) is 70.3 Å². The molecule has 56 heavy (non-hydrogen) atoms. The maximum Gasteiger partial charge on any atom is 0.139 e. The number of likely N-dealkylation sites (tertiary alicyclic amines) is 1. The number of hydrogen-bond donors (Lipinski definition) is 2. The number of aliphatic hydroxyl groups is 2. The highest BCUT2D eigenvalue weighted by Crippen LogP contribution is 2.39. The molecule has 1 unspecified atom stereocenters. The number of ether oxygens (including phenoxy) is 2. The van der Waals surface area contributed by atoms with E-state index in [1.807, 2.05) is 78.3 Å². The Morgan fingerprint density at radius 3 is 2.41 bits per heavy atom. The Bertz CT molecular complexity index is 2340. The lowest BCUT2D eigenvalue weighted by atomic mass is 10.0. The Balaban J connectivity index is 1.10. The van der Waals surface area contributed by atoms with E-state index in [4.69, 9.17) is 37.8 Å². The van der Waals surface area contributed by atoms with E-state index in [1.165, 1.54) is 11.8 Å². The zero-order chi connectivity index (χ0) is 39.2. The van der Waals surface area contributed by atoms with Gasteiger partial charge in [0.15, 0.2) is 0 Å². The van der Waals surface area contributed by atoms with E-state index in [1.54, 1.807) is 12.3 Å². The first kappa shape index (κ1) is 39.3. The van der Waals surface area contributed by atoms with E-state index in [9.17, 15) is 15.5 Å². The molecule has 0 amide bonds. The number of nitrogens with zero attached hydrogens (tertiary/aromatic N) is 6. The summed E-state index contributed by atoms with van der Waals surface area (Å²) in [4.78, 5) is 8.47. The van der Waals surface area contributed by atoms with Crippen molar-refractivity contribution in [1.82, 2.24) is 24.6 Å². The minimum Gasteiger partial charge on any atom is -0.489 e. The molecule has 2 atom stereocenters. The van der Waals surface area contributed by atoms with Gasteiger partial charge in [0.2, 0.25) is 0 Å². The largest absolute Gasteiger partial charge is 0.489 e. The molecule has 7 rings (SSSR count). The van der Waals surface area contributed by atoms with Gasteiger partial charge < -0.3 is 19.7 Å². The molecular formula is C44H44Cl2N6O4. The van der Waals surface area contributed by atoms with Gasteiger partial charge in [-0.25, -0.2) is 0 Å². The Kier molecular flexibility index (Phi) is 12.5. The van der Waals surface area contributed by atoms with Crippen LogP contribution in [0, 0.1) is 11.3 Å². The standard InChI is InChI=1S/C44H44Cl2N6O4/c1-29(26-53)50(2)23-35-16-40(45)34(17-43(35)56-28-33-15-32(18-47)19-48-20-33)24-52-41-7-3-5-37(39(41)21-49-52)38-6-4-8-42(44(38)46)55-27-31-11-9-30(10-12-31)22-51-14-13-36(54)25-51/h3-12,15-17,19-21,29,36,53-54H,13-14,22-28H2,1-2H3/t29?,36-/m1/s1. The number of hydrogen-bond acceptors (Lipinski definition) is 9. The number of benzene rings is 4. The number of aliphatic hydroxyl groups excluding tert-OH is 2. The molecule has 1 saturated heterocycles. The number of fused-ring (bicyclic) bond motifs is 1. The molecule has 10 nitrogen and oxygen atoms in total. The molecule has 6 aromatic rings. The van der Waals surface area contributed by atoms with Crippen molar-refractivity contribution in [2.75, 3.05) is 26.7 Å².